The molecule has 0 bridgehead atoms. The molecule has 3 fully saturated rings. The fraction of sp³-hybridized carbons (Fsp3) is 0.941. The smallest absolute Gasteiger partial charge is 0.231 e. The zero-order valence-corrected chi connectivity index (χ0v) is 14.0. The molecule has 3 heterocycles. The van der Waals surface area contributed by atoms with Crippen molar-refractivity contribution in [3.05, 3.63) is 0 Å². The molecule has 1 N–H and O–H groups in total. The number of rotatable bonds is 4. The van der Waals surface area contributed by atoms with Gasteiger partial charge in [-0.05, 0) is 64.7 Å². The number of methoxy groups -OCH3 is 1. The second-order valence-electron chi connectivity index (χ2n) is 7.25. The van der Waals surface area contributed by atoms with Crippen molar-refractivity contribution in [3.63, 3.8) is 0 Å². The first-order valence-electron chi connectivity index (χ1n) is 8.98. The van der Waals surface area contributed by atoms with Gasteiger partial charge in [-0.15, -0.1) is 0 Å². The van der Waals surface area contributed by atoms with Crippen molar-refractivity contribution in [1.82, 2.24) is 15.1 Å². The van der Waals surface area contributed by atoms with Crippen LogP contribution in [0.1, 0.15) is 38.5 Å². The summed E-state index contributed by atoms with van der Waals surface area (Å²) in [6.07, 6.45) is 6.86. The standard InChI is InChI=1S/C17H31N3O2/c1-22-14-17(6-8-18-9-7-17)16(21)20-12-4-5-15(13-20)19-10-2-3-11-19/h15,18H,2-14H2,1H3. The maximum absolute atomic E-state index is 13.2. The van der Waals surface area contributed by atoms with Crippen molar-refractivity contribution >= 4 is 5.91 Å². The van der Waals surface area contributed by atoms with Crippen LogP contribution >= 0.6 is 0 Å². The zero-order chi connectivity index (χ0) is 15.4. The highest BCUT2D eigenvalue weighted by Gasteiger charge is 2.43. The number of nitrogens with one attached hydrogen (secondary N) is 1. The van der Waals surface area contributed by atoms with E-state index in [2.05, 4.69) is 15.1 Å². The lowest BCUT2D eigenvalue weighted by Crippen LogP contribution is -2.56. The lowest BCUT2D eigenvalue weighted by molar-refractivity contribution is -0.149. The number of carbonyl (C=O) groups excluding carboxylic acids is 1. The summed E-state index contributed by atoms with van der Waals surface area (Å²) in [5.41, 5.74) is -0.285. The first kappa shape index (κ1) is 16.2. The Hall–Kier alpha value is -0.650. The zero-order valence-electron chi connectivity index (χ0n) is 14.0. The summed E-state index contributed by atoms with van der Waals surface area (Å²) in [6.45, 7) is 6.73. The van der Waals surface area contributed by atoms with Crippen molar-refractivity contribution in [2.45, 2.75) is 44.6 Å². The summed E-state index contributed by atoms with van der Waals surface area (Å²) in [7, 11) is 1.72. The summed E-state index contributed by atoms with van der Waals surface area (Å²) in [6, 6.07) is 0.585. The molecule has 3 saturated heterocycles. The van der Waals surface area contributed by atoms with Gasteiger partial charge >= 0.3 is 0 Å². The molecule has 5 heteroatoms. The van der Waals surface area contributed by atoms with Gasteiger partial charge in [0.25, 0.3) is 0 Å². The van der Waals surface area contributed by atoms with Gasteiger partial charge in [0.05, 0.1) is 12.0 Å². The largest absolute Gasteiger partial charge is 0.384 e. The highest BCUT2D eigenvalue weighted by Crippen LogP contribution is 2.33. The summed E-state index contributed by atoms with van der Waals surface area (Å²) in [5, 5.41) is 3.37. The van der Waals surface area contributed by atoms with Gasteiger partial charge < -0.3 is 15.0 Å². The van der Waals surface area contributed by atoms with Crippen molar-refractivity contribution in [1.29, 1.82) is 0 Å². The van der Waals surface area contributed by atoms with Gasteiger partial charge in [0.15, 0.2) is 0 Å². The number of amides is 1. The van der Waals surface area contributed by atoms with Crippen molar-refractivity contribution in [2.75, 3.05) is 53.0 Å². The van der Waals surface area contributed by atoms with Crippen molar-refractivity contribution in [3.8, 4) is 0 Å². The maximum Gasteiger partial charge on any atom is 0.231 e. The highest BCUT2D eigenvalue weighted by atomic mass is 16.5. The molecule has 1 atom stereocenters. The van der Waals surface area contributed by atoms with Crippen LogP contribution in [-0.4, -0.2) is 74.7 Å². The average molecular weight is 309 g/mol. The Morgan fingerprint density at radius 1 is 1.18 bits per heavy atom. The van der Waals surface area contributed by atoms with Crippen LogP contribution in [0.25, 0.3) is 0 Å². The fourth-order valence-electron chi connectivity index (χ4n) is 4.48. The van der Waals surface area contributed by atoms with E-state index in [4.69, 9.17) is 4.74 Å². The number of hydrogen-bond donors (Lipinski definition) is 1. The van der Waals surface area contributed by atoms with E-state index in [0.29, 0.717) is 18.6 Å². The second-order valence-corrected chi connectivity index (χ2v) is 7.25. The van der Waals surface area contributed by atoms with Crippen LogP contribution in [0.3, 0.4) is 0 Å². The Kier molecular flexibility index (Phi) is 5.37. The van der Waals surface area contributed by atoms with Crippen LogP contribution < -0.4 is 5.32 Å². The highest BCUT2D eigenvalue weighted by molar-refractivity contribution is 5.83. The van der Waals surface area contributed by atoms with Crippen molar-refractivity contribution < 1.29 is 9.53 Å². The van der Waals surface area contributed by atoms with Crippen molar-refractivity contribution in [2.24, 2.45) is 5.41 Å². The van der Waals surface area contributed by atoms with E-state index < -0.39 is 0 Å². The topological polar surface area (TPSA) is 44.8 Å². The molecule has 0 saturated carbocycles. The van der Waals surface area contributed by atoms with E-state index >= 15 is 0 Å². The van der Waals surface area contributed by atoms with Crippen LogP contribution in [0.4, 0.5) is 0 Å². The summed E-state index contributed by atoms with van der Waals surface area (Å²) in [4.78, 5) is 18.0. The van der Waals surface area contributed by atoms with Crippen LogP contribution in [0.15, 0.2) is 0 Å². The van der Waals surface area contributed by atoms with Crippen LogP contribution in [0.2, 0.25) is 0 Å². The molecule has 0 aromatic heterocycles. The van der Waals surface area contributed by atoms with Crippen LogP contribution in [0, 0.1) is 5.41 Å². The van der Waals surface area contributed by atoms with E-state index in [1.807, 2.05) is 0 Å². The molecule has 1 amide bonds. The Labute approximate surface area is 134 Å². The van der Waals surface area contributed by atoms with Gasteiger partial charge in [-0.1, -0.05) is 0 Å². The lowest BCUT2D eigenvalue weighted by Gasteiger charge is -2.44. The minimum absolute atomic E-state index is 0.285. The van der Waals surface area contributed by atoms with Gasteiger partial charge in [0.1, 0.15) is 0 Å². The minimum Gasteiger partial charge on any atom is -0.384 e. The first-order valence-corrected chi connectivity index (χ1v) is 8.98. The van der Waals surface area contributed by atoms with E-state index in [9.17, 15) is 4.79 Å². The number of nitrogens with zero attached hydrogens (tertiary/aromatic N) is 2. The van der Waals surface area contributed by atoms with Gasteiger partial charge in [0.2, 0.25) is 5.91 Å². The predicted octanol–water partition coefficient (Wildman–Crippen LogP) is 1.09. The molecule has 3 rings (SSSR count). The van der Waals surface area contributed by atoms with E-state index in [0.717, 1.165) is 45.4 Å². The molecular weight excluding hydrogens is 278 g/mol. The molecule has 1 unspecified atom stereocenters. The Bertz CT molecular complexity index is 371. The Morgan fingerprint density at radius 3 is 2.59 bits per heavy atom. The van der Waals surface area contributed by atoms with Gasteiger partial charge in [-0.2, -0.15) is 0 Å². The van der Waals surface area contributed by atoms with Gasteiger partial charge in [0, 0.05) is 26.2 Å². The minimum atomic E-state index is -0.285. The Balaban J connectivity index is 1.66. The molecular formula is C17H31N3O2. The third-order valence-electron chi connectivity index (χ3n) is 5.78. The number of ether oxygens (including phenoxy) is 1. The molecule has 5 nitrogen and oxygen atoms in total. The SMILES string of the molecule is COCC1(C(=O)N2CCCC(N3CCCC3)C2)CCNCC1. The lowest BCUT2D eigenvalue weighted by atomic mass is 9.78. The molecule has 0 aromatic carbocycles. The molecule has 0 aromatic rings. The third-order valence-corrected chi connectivity index (χ3v) is 5.78. The number of likely N-dealkylation sites (tertiary alicyclic amines) is 2. The number of carbonyl (C=O) groups is 1. The molecule has 0 radical (unpaired) electrons. The fourth-order valence-corrected chi connectivity index (χ4v) is 4.48. The number of piperidine rings is 2. The van der Waals surface area contributed by atoms with Gasteiger partial charge in [-0.25, -0.2) is 0 Å². The maximum atomic E-state index is 13.2. The summed E-state index contributed by atoms with van der Waals surface area (Å²) < 4.78 is 5.44. The summed E-state index contributed by atoms with van der Waals surface area (Å²) >= 11 is 0. The molecule has 0 aliphatic carbocycles. The van der Waals surface area contributed by atoms with Gasteiger partial charge in [-0.3, -0.25) is 9.69 Å². The monoisotopic (exact) mass is 309 g/mol. The quantitative estimate of drug-likeness (QED) is 0.844. The Morgan fingerprint density at radius 2 is 1.91 bits per heavy atom. The second kappa shape index (κ2) is 7.28. The molecule has 3 aliphatic heterocycles. The van der Waals surface area contributed by atoms with Crippen LogP contribution in [0.5, 0.6) is 0 Å². The van der Waals surface area contributed by atoms with E-state index in [-0.39, 0.29) is 5.41 Å². The molecule has 126 valence electrons. The van der Waals surface area contributed by atoms with E-state index in [1.165, 1.54) is 32.4 Å². The summed E-state index contributed by atoms with van der Waals surface area (Å²) in [5.74, 6) is 0.347. The molecule has 3 aliphatic rings. The van der Waals surface area contributed by atoms with Crippen LogP contribution in [-0.2, 0) is 9.53 Å². The number of hydrogen-bond acceptors (Lipinski definition) is 4. The first-order chi connectivity index (χ1) is 10.7. The molecule has 22 heavy (non-hydrogen) atoms. The third kappa shape index (κ3) is 3.31. The average Bonchev–Trinajstić information content (AvgIpc) is 3.10. The molecule has 0 spiro atoms. The van der Waals surface area contributed by atoms with E-state index in [1.54, 1.807) is 7.11 Å². The normalized spacial score (nSPS) is 29.7. The predicted molar refractivity (Wildman–Crippen MR) is 86.8 cm³/mol.